The van der Waals surface area contributed by atoms with Crippen molar-refractivity contribution in [3.8, 4) is 5.69 Å². The largest absolute Gasteiger partial charge is 0.338 e. The lowest BCUT2D eigenvalue weighted by atomic mass is 10.1. The van der Waals surface area contributed by atoms with Crippen molar-refractivity contribution in [2.24, 2.45) is 0 Å². The lowest BCUT2D eigenvalue weighted by Crippen LogP contribution is -2.33. The number of aryl methyl sites for hydroxylation is 1. The molecule has 4 rings (SSSR count). The minimum absolute atomic E-state index is 0.0180. The highest BCUT2D eigenvalue weighted by molar-refractivity contribution is 7.92. The summed E-state index contributed by atoms with van der Waals surface area (Å²) in [5.74, 6) is -0.124. The molecular formula is C21H23N3O3S. The fourth-order valence-electron chi connectivity index (χ4n) is 3.58. The zero-order chi connectivity index (χ0) is 19.9. The van der Waals surface area contributed by atoms with Crippen molar-refractivity contribution in [1.29, 1.82) is 0 Å². The van der Waals surface area contributed by atoms with Gasteiger partial charge in [0.1, 0.15) is 6.33 Å². The Morgan fingerprint density at radius 1 is 1.14 bits per heavy atom. The second-order valence-corrected chi connectivity index (χ2v) is 9.95. The van der Waals surface area contributed by atoms with E-state index in [0.717, 1.165) is 22.3 Å². The van der Waals surface area contributed by atoms with E-state index in [0.29, 0.717) is 18.5 Å². The van der Waals surface area contributed by atoms with Crippen LogP contribution in [0.5, 0.6) is 0 Å². The summed E-state index contributed by atoms with van der Waals surface area (Å²) in [6.45, 7) is 4.45. The molecule has 1 aliphatic heterocycles. The molecular weight excluding hydrogens is 374 g/mol. The van der Waals surface area contributed by atoms with Gasteiger partial charge in [-0.3, -0.25) is 9.36 Å². The van der Waals surface area contributed by atoms with Crippen LogP contribution in [0.3, 0.4) is 0 Å². The number of fused-ring (bicyclic) bond motifs is 1. The molecule has 146 valence electrons. The van der Waals surface area contributed by atoms with Crippen molar-refractivity contribution in [3.63, 3.8) is 0 Å². The molecule has 0 saturated carbocycles. The van der Waals surface area contributed by atoms with E-state index in [1.807, 2.05) is 35.8 Å². The molecule has 1 aliphatic rings. The van der Waals surface area contributed by atoms with Gasteiger partial charge in [-0.15, -0.1) is 0 Å². The van der Waals surface area contributed by atoms with Gasteiger partial charge in [0.2, 0.25) is 0 Å². The first-order valence-corrected chi connectivity index (χ1v) is 11.1. The molecule has 28 heavy (non-hydrogen) atoms. The van der Waals surface area contributed by atoms with E-state index in [9.17, 15) is 13.2 Å². The lowest BCUT2D eigenvalue weighted by molar-refractivity contribution is 0.0767. The molecule has 0 N–H and O–H groups in total. The smallest absolute Gasteiger partial charge is 0.253 e. The number of imidazole rings is 1. The summed E-state index contributed by atoms with van der Waals surface area (Å²) in [5, 5.41) is -0.405. The first-order chi connectivity index (χ1) is 13.3. The van der Waals surface area contributed by atoms with Crippen molar-refractivity contribution in [2.75, 3.05) is 18.8 Å². The molecule has 1 unspecified atom stereocenters. The van der Waals surface area contributed by atoms with Crippen LogP contribution in [0.4, 0.5) is 0 Å². The highest BCUT2D eigenvalue weighted by Gasteiger charge is 2.28. The van der Waals surface area contributed by atoms with Crippen LogP contribution in [0.25, 0.3) is 16.7 Å². The van der Waals surface area contributed by atoms with Crippen LogP contribution in [0.15, 0.2) is 48.8 Å². The first-order valence-electron chi connectivity index (χ1n) is 9.40. The summed E-state index contributed by atoms with van der Waals surface area (Å²) in [6, 6.07) is 13.6. The summed E-state index contributed by atoms with van der Waals surface area (Å²) in [6.07, 6.45) is 2.23. The fraction of sp³-hybridized carbons (Fsp3) is 0.333. The second-order valence-electron chi connectivity index (χ2n) is 7.42. The van der Waals surface area contributed by atoms with Crippen LogP contribution in [-0.4, -0.2) is 52.9 Å². The Bertz CT molecular complexity index is 1150. The van der Waals surface area contributed by atoms with Crippen LogP contribution >= 0.6 is 0 Å². The van der Waals surface area contributed by atoms with E-state index < -0.39 is 15.1 Å². The Morgan fingerprint density at radius 2 is 1.96 bits per heavy atom. The van der Waals surface area contributed by atoms with Crippen molar-refractivity contribution >= 4 is 26.8 Å². The number of amides is 1. The number of hydrogen-bond acceptors (Lipinski definition) is 4. The molecule has 0 spiro atoms. The van der Waals surface area contributed by atoms with Gasteiger partial charge in [-0.2, -0.15) is 0 Å². The third kappa shape index (κ3) is 3.42. The molecule has 2 aromatic carbocycles. The fourth-order valence-corrected chi connectivity index (χ4v) is 4.92. The maximum atomic E-state index is 12.9. The molecule has 2 heterocycles. The Kier molecular flexibility index (Phi) is 4.71. The standard InChI is InChI=1S/C21H23N3O3S/c1-15-4-3-5-18(12-15)24-14-22-19-13-17(6-7-20(19)24)21(25)23-9-8-16(2)28(26,27)11-10-23/h3-7,12-14,16H,8-11H2,1-2H3. The quantitative estimate of drug-likeness (QED) is 0.666. The SMILES string of the molecule is Cc1cccc(-n2cnc3cc(C(=O)N4CCC(C)S(=O)(=O)CC4)ccc32)c1. The van der Waals surface area contributed by atoms with Crippen LogP contribution in [-0.2, 0) is 9.84 Å². The van der Waals surface area contributed by atoms with Crippen LogP contribution in [0.1, 0.15) is 29.3 Å². The molecule has 1 fully saturated rings. The zero-order valence-corrected chi connectivity index (χ0v) is 16.8. The lowest BCUT2D eigenvalue weighted by Gasteiger charge is -2.19. The molecule has 7 heteroatoms. The molecule has 0 aliphatic carbocycles. The Labute approximate surface area is 164 Å². The molecule has 6 nitrogen and oxygen atoms in total. The van der Waals surface area contributed by atoms with E-state index in [4.69, 9.17) is 0 Å². The van der Waals surface area contributed by atoms with Crippen molar-refractivity contribution in [2.45, 2.75) is 25.5 Å². The zero-order valence-electron chi connectivity index (χ0n) is 16.0. The van der Waals surface area contributed by atoms with E-state index in [-0.39, 0.29) is 18.2 Å². The van der Waals surface area contributed by atoms with Gasteiger partial charge in [-0.25, -0.2) is 13.4 Å². The monoisotopic (exact) mass is 397 g/mol. The highest BCUT2D eigenvalue weighted by Crippen LogP contribution is 2.22. The van der Waals surface area contributed by atoms with Crippen LogP contribution in [0.2, 0.25) is 0 Å². The van der Waals surface area contributed by atoms with Crippen LogP contribution in [0, 0.1) is 6.92 Å². The van der Waals surface area contributed by atoms with Gasteiger partial charge >= 0.3 is 0 Å². The first kappa shape index (κ1) is 18.7. The average Bonchev–Trinajstić information content (AvgIpc) is 3.04. The summed E-state index contributed by atoms with van der Waals surface area (Å²) < 4.78 is 26.2. The van der Waals surface area contributed by atoms with Gasteiger partial charge in [0, 0.05) is 24.3 Å². The predicted octanol–water partition coefficient (Wildman–Crippen LogP) is 2.98. The van der Waals surface area contributed by atoms with Crippen molar-refractivity contribution in [3.05, 3.63) is 59.9 Å². The van der Waals surface area contributed by atoms with Crippen molar-refractivity contribution < 1.29 is 13.2 Å². The number of nitrogens with zero attached hydrogens (tertiary/aromatic N) is 3. The number of benzene rings is 2. The third-order valence-corrected chi connectivity index (χ3v) is 7.64. The summed E-state index contributed by atoms with van der Waals surface area (Å²) in [7, 11) is -3.12. The number of sulfone groups is 1. The van der Waals surface area contributed by atoms with Gasteiger partial charge in [0.05, 0.1) is 22.0 Å². The van der Waals surface area contributed by atoms with Crippen LogP contribution < -0.4 is 0 Å². The number of rotatable bonds is 2. The summed E-state index contributed by atoms with van der Waals surface area (Å²) >= 11 is 0. The number of aromatic nitrogens is 2. The Hall–Kier alpha value is -2.67. The van der Waals surface area contributed by atoms with E-state index in [2.05, 4.69) is 11.1 Å². The average molecular weight is 398 g/mol. The molecule has 1 atom stereocenters. The summed E-state index contributed by atoms with van der Waals surface area (Å²) in [5.41, 5.74) is 4.39. The van der Waals surface area contributed by atoms with Gasteiger partial charge in [-0.1, -0.05) is 12.1 Å². The number of hydrogen-bond donors (Lipinski definition) is 0. The predicted molar refractivity (Wildman–Crippen MR) is 110 cm³/mol. The van der Waals surface area contributed by atoms with Gasteiger partial charge in [-0.05, 0) is 56.2 Å². The third-order valence-electron chi connectivity index (χ3n) is 5.43. The topological polar surface area (TPSA) is 72.3 Å². The van der Waals surface area contributed by atoms with Gasteiger partial charge in [0.25, 0.3) is 5.91 Å². The minimum atomic E-state index is -3.12. The molecule has 1 amide bonds. The minimum Gasteiger partial charge on any atom is -0.338 e. The van der Waals surface area contributed by atoms with E-state index in [1.165, 1.54) is 0 Å². The Morgan fingerprint density at radius 3 is 2.75 bits per heavy atom. The molecule has 1 aromatic heterocycles. The second kappa shape index (κ2) is 7.05. The van der Waals surface area contributed by atoms with Gasteiger partial charge < -0.3 is 4.90 Å². The Balaban J connectivity index is 1.63. The molecule has 3 aromatic rings. The van der Waals surface area contributed by atoms with Crippen molar-refractivity contribution in [1.82, 2.24) is 14.5 Å². The highest BCUT2D eigenvalue weighted by atomic mass is 32.2. The molecule has 0 bridgehead atoms. The van der Waals surface area contributed by atoms with E-state index >= 15 is 0 Å². The number of carbonyl (C=O) groups excluding carboxylic acids is 1. The van der Waals surface area contributed by atoms with E-state index in [1.54, 1.807) is 30.3 Å². The molecule has 1 saturated heterocycles. The summed E-state index contributed by atoms with van der Waals surface area (Å²) in [4.78, 5) is 19.0. The normalized spacial score (nSPS) is 19.5. The number of carbonyl (C=O) groups is 1. The maximum Gasteiger partial charge on any atom is 0.253 e. The maximum absolute atomic E-state index is 12.9. The molecule has 0 radical (unpaired) electrons. The van der Waals surface area contributed by atoms with Gasteiger partial charge in [0.15, 0.2) is 9.84 Å².